The van der Waals surface area contributed by atoms with Crippen LogP contribution in [0.5, 0.6) is 0 Å². The number of hydrogen-bond donors (Lipinski definition) is 1. The minimum absolute atomic E-state index is 0.0934. The van der Waals surface area contributed by atoms with Gasteiger partial charge in [-0.2, -0.15) is 0 Å². The number of hydrogen-bond acceptors (Lipinski definition) is 3. The van der Waals surface area contributed by atoms with Crippen molar-refractivity contribution in [2.24, 2.45) is 21.9 Å². The van der Waals surface area contributed by atoms with Gasteiger partial charge in [-0.3, -0.25) is 0 Å². The van der Waals surface area contributed by atoms with Crippen LogP contribution in [0.4, 0.5) is 0 Å². The summed E-state index contributed by atoms with van der Waals surface area (Å²) in [6, 6.07) is 0. The fourth-order valence-corrected chi connectivity index (χ4v) is 3.23. The lowest BCUT2D eigenvalue weighted by Gasteiger charge is -2.34. The summed E-state index contributed by atoms with van der Waals surface area (Å²) in [5.74, 6) is -0.304. The molecule has 0 heterocycles. The van der Waals surface area contributed by atoms with Crippen LogP contribution in [0.15, 0.2) is 5.16 Å². The average Bonchev–Trinajstić information content (AvgIpc) is 2.49. The van der Waals surface area contributed by atoms with E-state index in [0.717, 1.165) is 18.6 Å². The number of carbonyl (C=O) groups is 1. The quantitative estimate of drug-likeness (QED) is 0.750. The molecule has 4 heteroatoms. The molecule has 2 aliphatic carbocycles. The molecule has 4 nitrogen and oxygen atoms in total. The Kier molecular flexibility index (Phi) is 2.48. The summed E-state index contributed by atoms with van der Waals surface area (Å²) in [7, 11) is 0. The van der Waals surface area contributed by atoms with Crippen molar-refractivity contribution in [3.8, 4) is 0 Å². The highest BCUT2D eigenvalue weighted by atomic mass is 16.6. The lowest BCUT2D eigenvalue weighted by atomic mass is 9.70. The Balaban J connectivity index is 2.12. The van der Waals surface area contributed by atoms with Gasteiger partial charge in [0.05, 0.1) is 5.71 Å². The summed E-state index contributed by atoms with van der Waals surface area (Å²) in [5.41, 5.74) is 1.41. The highest BCUT2D eigenvalue weighted by molar-refractivity contribution is 5.93. The Bertz CT molecular complexity index is 348. The van der Waals surface area contributed by atoms with Crippen LogP contribution in [0.25, 0.3) is 0 Å². The van der Waals surface area contributed by atoms with Crippen molar-refractivity contribution >= 4 is 11.7 Å². The molecule has 0 aromatic rings. The molecule has 2 atom stereocenters. The van der Waals surface area contributed by atoms with Crippen LogP contribution in [0.2, 0.25) is 0 Å². The number of aliphatic carboxylic acids is 1. The minimum atomic E-state index is -0.975. The Hall–Kier alpha value is -1.06. The van der Waals surface area contributed by atoms with Gasteiger partial charge in [0.25, 0.3) is 0 Å². The zero-order valence-electron chi connectivity index (χ0n) is 10.1. The highest BCUT2D eigenvalue weighted by Crippen LogP contribution is 2.63. The summed E-state index contributed by atoms with van der Waals surface area (Å²) in [5, 5.41) is 12.5. The highest BCUT2D eigenvalue weighted by Gasteiger charge is 2.60. The van der Waals surface area contributed by atoms with Gasteiger partial charge in [0.2, 0.25) is 6.61 Å². The summed E-state index contributed by atoms with van der Waals surface area (Å²) in [4.78, 5) is 15.2. The molecule has 2 aliphatic rings. The van der Waals surface area contributed by atoms with Crippen LogP contribution in [0.3, 0.4) is 0 Å². The number of fused-ring (bicyclic) bond motifs is 2. The normalized spacial score (nSPS) is 37.9. The Morgan fingerprint density at radius 3 is 2.69 bits per heavy atom. The number of rotatable bonds is 3. The summed E-state index contributed by atoms with van der Waals surface area (Å²) in [6.07, 6.45) is 3.35. The summed E-state index contributed by atoms with van der Waals surface area (Å²) in [6.45, 7) is 6.45. The van der Waals surface area contributed by atoms with Gasteiger partial charge in [0, 0.05) is 5.41 Å². The summed E-state index contributed by atoms with van der Waals surface area (Å²) >= 11 is 0. The predicted molar refractivity (Wildman–Crippen MR) is 60.3 cm³/mol. The SMILES string of the molecule is CC12CCC(C/C1=N\OCC(=O)O)C2(C)C. The van der Waals surface area contributed by atoms with E-state index in [4.69, 9.17) is 9.94 Å². The second-order valence-corrected chi connectivity index (χ2v) is 5.70. The zero-order chi connectivity index (χ0) is 12.0. The maximum absolute atomic E-state index is 10.3. The number of carboxylic acid groups (broad SMARTS) is 1. The molecule has 0 amide bonds. The monoisotopic (exact) mass is 225 g/mol. The average molecular weight is 225 g/mol. The fraction of sp³-hybridized carbons (Fsp3) is 0.833. The van der Waals surface area contributed by atoms with Crippen LogP contribution in [-0.2, 0) is 9.63 Å². The van der Waals surface area contributed by atoms with Crippen molar-refractivity contribution in [1.29, 1.82) is 0 Å². The van der Waals surface area contributed by atoms with E-state index in [1.54, 1.807) is 0 Å². The van der Waals surface area contributed by atoms with E-state index in [9.17, 15) is 4.79 Å². The smallest absolute Gasteiger partial charge is 0.344 e. The van der Waals surface area contributed by atoms with E-state index < -0.39 is 5.97 Å². The Morgan fingerprint density at radius 1 is 1.56 bits per heavy atom. The lowest BCUT2D eigenvalue weighted by molar-refractivity contribution is -0.142. The van der Waals surface area contributed by atoms with Crippen LogP contribution in [0.1, 0.15) is 40.0 Å². The number of nitrogens with zero attached hydrogens (tertiary/aromatic N) is 1. The van der Waals surface area contributed by atoms with Crippen LogP contribution < -0.4 is 0 Å². The fourth-order valence-electron chi connectivity index (χ4n) is 3.23. The molecule has 90 valence electrons. The van der Waals surface area contributed by atoms with Gasteiger partial charge >= 0.3 is 5.97 Å². The standard InChI is InChI=1S/C12H19NO3/c1-11(2)8-4-5-12(11,3)9(6-8)13-16-7-10(14)15/h8H,4-7H2,1-3H3,(H,14,15)/b13-9+. The number of oxime groups is 1. The van der Waals surface area contributed by atoms with Gasteiger partial charge in [0.1, 0.15) is 0 Å². The van der Waals surface area contributed by atoms with E-state index in [1.165, 1.54) is 6.42 Å². The predicted octanol–water partition coefficient (Wildman–Crippen LogP) is 2.29. The molecule has 1 N–H and O–H groups in total. The van der Waals surface area contributed by atoms with E-state index in [-0.39, 0.29) is 17.4 Å². The minimum Gasteiger partial charge on any atom is -0.479 e. The first-order valence-electron chi connectivity index (χ1n) is 5.79. The van der Waals surface area contributed by atoms with Crippen molar-refractivity contribution in [3.63, 3.8) is 0 Å². The van der Waals surface area contributed by atoms with Crippen molar-refractivity contribution in [2.75, 3.05) is 6.61 Å². The van der Waals surface area contributed by atoms with Gasteiger partial charge in [-0.25, -0.2) is 4.79 Å². The third-order valence-electron chi connectivity index (χ3n) is 4.87. The Morgan fingerprint density at radius 2 is 2.25 bits per heavy atom. The maximum atomic E-state index is 10.3. The van der Waals surface area contributed by atoms with Gasteiger partial charge in [-0.15, -0.1) is 0 Å². The van der Waals surface area contributed by atoms with Crippen LogP contribution >= 0.6 is 0 Å². The molecule has 0 spiro atoms. The van der Waals surface area contributed by atoms with E-state index in [0.29, 0.717) is 5.92 Å². The summed E-state index contributed by atoms with van der Waals surface area (Å²) < 4.78 is 0. The van der Waals surface area contributed by atoms with Crippen LogP contribution in [-0.4, -0.2) is 23.4 Å². The Labute approximate surface area is 95.7 Å². The second kappa shape index (κ2) is 3.47. The van der Waals surface area contributed by atoms with Crippen molar-refractivity contribution in [3.05, 3.63) is 0 Å². The topological polar surface area (TPSA) is 58.9 Å². The van der Waals surface area contributed by atoms with E-state index in [1.807, 2.05) is 0 Å². The maximum Gasteiger partial charge on any atom is 0.344 e. The molecule has 2 fully saturated rings. The molecular formula is C12H19NO3. The zero-order valence-corrected chi connectivity index (χ0v) is 10.1. The van der Waals surface area contributed by atoms with E-state index >= 15 is 0 Å². The van der Waals surface area contributed by atoms with Crippen molar-refractivity contribution in [1.82, 2.24) is 0 Å². The number of carboxylic acids is 1. The van der Waals surface area contributed by atoms with Gasteiger partial charge in [-0.1, -0.05) is 25.9 Å². The molecule has 0 aliphatic heterocycles. The lowest BCUT2D eigenvalue weighted by Crippen LogP contribution is -2.32. The van der Waals surface area contributed by atoms with Crippen molar-refractivity contribution < 1.29 is 14.7 Å². The first-order chi connectivity index (χ1) is 7.38. The molecule has 2 rings (SSSR count). The van der Waals surface area contributed by atoms with Gasteiger partial charge < -0.3 is 9.94 Å². The molecule has 2 bridgehead atoms. The molecular weight excluding hydrogens is 206 g/mol. The third-order valence-corrected chi connectivity index (χ3v) is 4.87. The molecule has 2 saturated carbocycles. The first-order valence-corrected chi connectivity index (χ1v) is 5.79. The van der Waals surface area contributed by atoms with Crippen LogP contribution in [0, 0.1) is 16.7 Å². The van der Waals surface area contributed by atoms with Gasteiger partial charge in [0.15, 0.2) is 0 Å². The third kappa shape index (κ3) is 1.43. The molecule has 0 saturated heterocycles. The second-order valence-electron chi connectivity index (χ2n) is 5.70. The molecule has 0 aromatic heterocycles. The molecule has 0 radical (unpaired) electrons. The first kappa shape index (κ1) is 11.4. The molecule has 2 unspecified atom stereocenters. The van der Waals surface area contributed by atoms with Crippen molar-refractivity contribution in [2.45, 2.75) is 40.0 Å². The molecule has 0 aromatic carbocycles. The van der Waals surface area contributed by atoms with Gasteiger partial charge in [-0.05, 0) is 30.6 Å². The molecule has 16 heavy (non-hydrogen) atoms. The van der Waals surface area contributed by atoms with E-state index in [2.05, 4.69) is 25.9 Å². The largest absolute Gasteiger partial charge is 0.479 e.